The predicted octanol–water partition coefficient (Wildman–Crippen LogP) is 9.19. The molecular weight excluding hydrogens is 488 g/mol. The van der Waals surface area contributed by atoms with Gasteiger partial charge in [-0.3, -0.25) is 4.57 Å². The molecule has 0 radical (unpaired) electrons. The molecule has 0 aliphatic carbocycles. The third-order valence-corrected chi connectivity index (χ3v) is 7.27. The maximum absolute atomic E-state index is 9.12. The van der Waals surface area contributed by atoms with Crippen molar-refractivity contribution in [3.8, 4) is 22.9 Å². The van der Waals surface area contributed by atoms with Crippen molar-refractivity contribution < 1.29 is 0 Å². The summed E-state index contributed by atoms with van der Waals surface area (Å²) >= 11 is 0. The van der Waals surface area contributed by atoms with E-state index in [1.165, 1.54) is 0 Å². The molecule has 40 heavy (non-hydrogen) atoms. The zero-order chi connectivity index (χ0) is 26.9. The molecule has 2 aromatic heterocycles. The quantitative estimate of drug-likeness (QED) is 0.231. The van der Waals surface area contributed by atoms with Crippen molar-refractivity contribution in [2.24, 2.45) is 0 Å². The minimum Gasteiger partial charge on any atom is -0.310 e. The number of pyridine rings is 1. The van der Waals surface area contributed by atoms with Gasteiger partial charge in [-0.05, 0) is 90.0 Å². The number of hydrogen-bond donors (Lipinski definition) is 0. The van der Waals surface area contributed by atoms with Crippen molar-refractivity contribution >= 4 is 39.0 Å². The fraction of sp³-hybridized carbons (Fsp3) is 0. The first-order valence-electron chi connectivity index (χ1n) is 13.2. The number of rotatable bonds is 5. The Bertz CT molecular complexity index is 1940. The zero-order valence-corrected chi connectivity index (χ0v) is 21.6. The van der Waals surface area contributed by atoms with Crippen LogP contribution in [-0.2, 0) is 0 Å². The van der Waals surface area contributed by atoms with Gasteiger partial charge in [-0.1, -0.05) is 60.7 Å². The van der Waals surface area contributed by atoms with Crippen molar-refractivity contribution in [2.75, 3.05) is 4.90 Å². The molecule has 0 aliphatic rings. The van der Waals surface area contributed by atoms with Crippen LogP contribution in [0.4, 0.5) is 17.1 Å². The van der Waals surface area contributed by atoms with Gasteiger partial charge in [0.05, 0.1) is 17.1 Å². The molecule has 5 aromatic carbocycles. The molecule has 0 N–H and O–H groups in total. The second kappa shape index (κ2) is 9.90. The summed E-state index contributed by atoms with van der Waals surface area (Å²) in [6.45, 7) is 0. The van der Waals surface area contributed by atoms with Crippen LogP contribution in [-0.4, -0.2) is 9.55 Å². The summed E-state index contributed by atoms with van der Waals surface area (Å²) in [4.78, 5) is 7.09. The van der Waals surface area contributed by atoms with E-state index in [0.717, 1.165) is 55.8 Å². The summed E-state index contributed by atoms with van der Waals surface area (Å²) in [7, 11) is 0. The van der Waals surface area contributed by atoms with Gasteiger partial charge in [0.25, 0.3) is 0 Å². The van der Waals surface area contributed by atoms with Crippen LogP contribution >= 0.6 is 0 Å². The lowest BCUT2D eigenvalue weighted by Gasteiger charge is -2.25. The third kappa shape index (κ3) is 4.07. The van der Waals surface area contributed by atoms with Crippen molar-refractivity contribution in [3.05, 3.63) is 151 Å². The first kappa shape index (κ1) is 23.5. The molecule has 0 spiro atoms. The maximum atomic E-state index is 9.12. The molecule has 0 saturated carbocycles. The van der Waals surface area contributed by atoms with Gasteiger partial charge in [-0.25, -0.2) is 4.98 Å². The molecular formula is C36H24N4. The minimum atomic E-state index is 0.661. The van der Waals surface area contributed by atoms with Crippen LogP contribution < -0.4 is 4.90 Å². The van der Waals surface area contributed by atoms with E-state index in [-0.39, 0.29) is 0 Å². The summed E-state index contributed by atoms with van der Waals surface area (Å²) in [5.74, 6) is 0. The van der Waals surface area contributed by atoms with Gasteiger partial charge < -0.3 is 4.90 Å². The molecule has 4 heteroatoms. The summed E-state index contributed by atoms with van der Waals surface area (Å²) in [6.07, 6.45) is 1.85. The first-order chi connectivity index (χ1) is 19.8. The highest BCUT2D eigenvalue weighted by molar-refractivity contribution is 6.09. The Morgan fingerprint density at radius 3 is 1.82 bits per heavy atom. The first-order valence-corrected chi connectivity index (χ1v) is 13.2. The number of aromatic nitrogens is 2. The Morgan fingerprint density at radius 2 is 1.20 bits per heavy atom. The van der Waals surface area contributed by atoms with Crippen molar-refractivity contribution in [1.29, 1.82) is 5.26 Å². The Hall–Kier alpha value is -5.66. The molecule has 0 aliphatic heterocycles. The molecule has 0 saturated heterocycles. The predicted molar refractivity (Wildman–Crippen MR) is 163 cm³/mol. The number of hydrogen-bond acceptors (Lipinski definition) is 3. The summed E-state index contributed by atoms with van der Waals surface area (Å²) in [5, 5.41) is 11.4. The number of benzene rings is 5. The Morgan fingerprint density at radius 1 is 0.575 bits per heavy atom. The molecule has 0 amide bonds. The lowest BCUT2D eigenvalue weighted by Crippen LogP contribution is -2.09. The number of anilines is 3. The Balaban J connectivity index is 1.37. The molecule has 0 bridgehead atoms. The molecule has 188 valence electrons. The summed E-state index contributed by atoms with van der Waals surface area (Å²) in [5.41, 5.74) is 9.21. The number of nitriles is 1. The van der Waals surface area contributed by atoms with E-state index in [2.05, 4.69) is 113 Å². The van der Waals surface area contributed by atoms with E-state index < -0.39 is 0 Å². The van der Waals surface area contributed by atoms with E-state index in [4.69, 9.17) is 10.2 Å². The van der Waals surface area contributed by atoms with Gasteiger partial charge in [0.1, 0.15) is 5.65 Å². The fourth-order valence-corrected chi connectivity index (χ4v) is 5.38. The zero-order valence-electron chi connectivity index (χ0n) is 21.6. The normalized spacial score (nSPS) is 11.0. The smallest absolute Gasteiger partial charge is 0.145 e. The van der Waals surface area contributed by atoms with E-state index in [1.807, 2.05) is 48.7 Å². The van der Waals surface area contributed by atoms with Crippen molar-refractivity contribution in [1.82, 2.24) is 9.55 Å². The molecule has 2 heterocycles. The summed E-state index contributed by atoms with van der Waals surface area (Å²) < 4.78 is 2.23. The maximum Gasteiger partial charge on any atom is 0.145 e. The monoisotopic (exact) mass is 512 g/mol. The Kier molecular flexibility index (Phi) is 5.81. The number of fused-ring (bicyclic) bond motifs is 3. The van der Waals surface area contributed by atoms with Gasteiger partial charge >= 0.3 is 0 Å². The van der Waals surface area contributed by atoms with E-state index in [1.54, 1.807) is 0 Å². The van der Waals surface area contributed by atoms with Gasteiger partial charge in [0, 0.05) is 39.7 Å². The SMILES string of the molecule is N#Cc1ccc(-c2ccc(-n3c4ccc(N(c5ccccc5)c5ccccc5)cc4c4cccnc43)cc2)cc1. The van der Waals surface area contributed by atoms with Crippen molar-refractivity contribution in [3.63, 3.8) is 0 Å². The van der Waals surface area contributed by atoms with Crippen molar-refractivity contribution in [2.45, 2.75) is 0 Å². The average molecular weight is 513 g/mol. The van der Waals surface area contributed by atoms with E-state index in [0.29, 0.717) is 5.56 Å². The number of para-hydroxylation sites is 2. The molecule has 4 nitrogen and oxygen atoms in total. The van der Waals surface area contributed by atoms with Gasteiger partial charge in [-0.15, -0.1) is 0 Å². The van der Waals surface area contributed by atoms with Gasteiger partial charge in [0.2, 0.25) is 0 Å². The standard InChI is InChI=1S/C36H24N4/c37-25-26-13-15-27(16-14-26)28-17-19-31(20-18-28)40-35-22-21-32(24-34(35)33-12-7-23-38-36(33)40)39(29-8-3-1-4-9-29)30-10-5-2-6-11-30/h1-24H. The highest BCUT2D eigenvalue weighted by Crippen LogP contribution is 2.39. The average Bonchev–Trinajstić information content (AvgIpc) is 3.36. The lowest BCUT2D eigenvalue weighted by molar-refractivity contribution is 1.14. The highest BCUT2D eigenvalue weighted by atomic mass is 15.1. The van der Waals surface area contributed by atoms with Gasteiger partial charge in [-0.2, -0.15) is 5.26 Å². The van der Waals surface area contributed by atoms with Gasteiger partial charge in [0.15, 0.2) is 0 Å². The molecule has 7 aromatic rings. The van der Waals surface area contributed by atoms with Crippen LogP contribution in [0.15, 0.2) is 146 Å². The lowest BCUT2D eigenvalue weighted by atomic mass is 10.0. The van der Waals surface area contributed by atoms with Crippen LogP contribution in [0, 0.1) is 11.3 Å². The van der Waals surface area contributed by atoms with Crippen LogP contribution in [0.2, 0.25) is 0 Å². The highest BCUT2D eigenvalue weighted by Gasteiger charge is 2.17. The summed E-state index contributed by atoms with van der Waals surface area (Å²) in [6, 6.07) is 50.1. The van der Waals surface area contributed by atoms with Crippen LogP contribution in [0.25, 0.3) is 38.8 Å². The van der Waals surface area contributed by atoms with E-state index in [9.17, 15) is 0 Å². The number of nitrogens with zero attached hydrogens (tertiary/aromatic N) is 4. The largest absolute Gasteiger partial charge is 0.310 e. The molecule has 0 atom stereocenters. The van der Waals surface area contributed by atoms with Crippen LogP contribution in [0.5, 0.6) is 0 Å². The third-order valence-electron chi connectivity index (χ3n) is 7.27. The molecule has 0 unspecified atom stereocenters. The second-order valence-corrected chi connectivity index (χ2v) is 9.65. The van der Waals surface area contributed by atoms with E-state index >= 15 is 0 Å². The molecule has 0 fully saturated rings. The minimum absolute atomic E-state index is 0.661. The second-order valence-electron chi connectivity index (χ2n) is 9.65. The van der Waals surface area contributed by atoms with Crippen LogP contribution in [0.1, 0.15) is 5.56 Å². The van der Waals surface area contributed by atoms with Crippen LogP contribution in [0.3, 0.4) is 0 Å². The molecule has 7 rings (SSSR count). The fourth-order valence-electron chi connectivity index (χ4n) is 5.38. The topological polar surface area (TPSA) is 44.9 Å². The Labute approximate surface area is 232 Å².